The molecule has 0 saturated carbocycles. The number of aromatic nitrogens is 1. The molecule has 0 N–H and O–H groups in total. The van der Waals surface area contributed by atoms with Crippen molar-refractivity contribution >= 4 is 43.4 Å². The van der Waals surface area contributed by atoms with Gasteiger partial charge in [-0.3, -0.25) is 4.79 Å². The monoisotopic (exact) mass is 376 g/mol. The van der Waals surface area contributed by atoms with Crippen molar-refractivity contribution in [1.29, 1.82) is 0 Å². The second-order valence-corrected chi connectivity index (χ2v) is 6.62. The van der Waals surface area contributed by atoms with E-state index in [9.17, 15) is 4.79 Å². The van der Waals surface area contributed by atoms with Gasteiger partial charge in [0.2, 0.25) is 17.8 Å². The van der Waals surface area contributed by atoms with Gasteiger partial charge in [-0.25, -0.2) is 0 Å². The maximum atomic E-state index is 12.8. The normalized spacial score (nSPS) is 11.0. The molecule has 0 aliphatic carbocycles. The Labute approximate surface area is 148 Å². The first-order chi connectivity index (χ1) is 11.7. The highest BCUT2D eigenvalue weighted by Crippen LogP contribution is 2.22. The van der Waals surface area contributed by atoms with Gasteiger partial charge in [-0.2, -0.15) is 4.57 Å². The molecule has 0 amide bonds. The van der Waals surface area contributed by atoms with Crippen LogP contribution in [0.15, 0.2) is 83.5 Å². The van der Waals surface area contributed by atoms with E-state index in [-0.39, 0.29) is 5.78 Å². The SMILES string of the molecule is O=C(C[n+]1cc2ccccc2c2ccccc21)c1ccccc1Br. The first-order valence-electron chi connectivity index (χ1n) is 7.82. The lowest BCUT2D eigenvalue weighted by atomic mass is 10.1. The lowest BCUT2D eigenvalue weighted by molar-refractivity contribution is -0.655. The van der Waals surface area contributed by atoms with Crippen molar-refractivity contribution < 1.29 is 9.36 Å². The molecule has 3 heteroatoms. The number of rotatable bonds is 3. The molecule has 1 heterocycles. The second kappa shape index (κ2) is 6.17. The van der Waals surface area contributed by atoms with E-state index in [1.165, 1.54) is 5.39 Å². The van der Waals surface area contributed by atoms with Gasteiger partial charge in [-0.15, -0.1) is 0 Å². The van der Waals surface area contributed by atoms with Crippen LogP contribution in [-0.2, 0) is 6.54 Å². The van der Waals surface area contributed by atoms with Gasteiger partial charge in [0.1, 0.15) is 0 Å². The van der Waals surface area contributed by atoms with Crippen molar-refractivity contribution in [3.8, 4) is 0 Å². The van der Waals surface area contributed by atoms with E-state index in [4.69, 9.17) is 0 Å². The van der Waals surface area contributed by atoms with E-state index < -0.39 is 0 Å². The van der Waals surface area contributed by atoms with Crippen molar-refractivity contribution in [3.63, 3.8) is 0 Å². The summed E-state index contributed by atoms with van der Waals surface area (Å²) in [5, 5.41) is 3.50. The highest BCUT2D eigenvalue weighted by molar-refractivity contribution is 9.10. The van der Waals surface area contributed by atoms with Gasteiger partial charge < -0.3 is 0 Å². The Balaban J connectivity index is 1.87. The molecule has 0 aliphatic heterocycles. The van der Waals surface area contributed by atoms with E-state index >= 15 is 0 Å². The third-order valence-electron chi connectivity index (χ3n) is 4.25. The van der Waals surface area contributed by atoms with Gasteiger partial charge in [0.25, 0.3) is 0 Å². The number of fused-ring (bicyclic) bond motifs is 3. The summed E-state index contributed by atoms with van der Waals surface area (Å²) in [5.41, 5.74) is 1.78. The van der Waals surface area contributed by atoms with Gasteiger partial charge >= 0.3 is 0 Å². The van der Waals surface area contributed by atoms with Gasteiger partial charge in [0.15, 0.2) is 6.20 Å². The quantitative estimate of drug-likeness (QED) is 0.282. The largest absolute Gasteiger partial charge is 0.287 e. The highest BCUT2D eigenvalue weighted by Gasteiger charge is 2.18. The van der Waals surface area contributed by atoms with Gasteiger partial charge in [-0.1, -0.05) is 64.5 Å². The topological polar surface area (TPSA) is 20.9 Å². The Morgan fingerprint density at radius 1 is 0.833 bits per heavy atom. The van der Waals surface area contributed by atoms with Crippen LogP contribution in [0.25, 0.3) is 21.7 Å². The zero-order chi connectivity index (χ0) is 16.5. The third kappa shape index (κ3) is 2.61. The molecule has 2 nitrogen and oxygen atoms in total. The van der Waals surface area contributed by atoms with Crippen LogP contribution in [0.1, 0.15) is 10.4 Å². The zero-order valence-corrected chi connectivity index (χ0v) is 14.5. The van der Waals surface area contributed by atoms with E-state index in [0.29, 0.717) is 12.1 Å². The van der Waals surface area contributed by atoms with Crippen LogP contribution >= 0.6 is 15.9 Å². The number of nitrogens with zero attached hydrogens (tertiary/aromatic N) is 1. The molecule has 0 atom stereocenters. The highest BCUT2D eigenvalue weighted by atomic mass is 79.9. The molecule has 4 rings (SSSR count). The van der Waals surface area contributed by atoms with Crippen molar-refractivity contribution in [2.75, 3.05) is 0 Å². The van der Waals surface area contributed by atoms with E-state index in [1.807, 2.05) is 53.1 Å². The van der Waals surface area contributed by atoms with Crippen molar-refractivity contribution in [3.05, 3.63) is 89.0 Å². The number of ketones is 1. The van der Waals surface area contributed by atoms with Crippen LogP contribution in [-0.4, -0.2) is 5.78 Å². The molecule has 1 aromatic heterocycles. The lowest BCUT2D eigenvalue weighted by Gasteiger charge is -2.06. The number of hydrogen-bond acceptors (Lipinski definition) is 1. The maximum Gasteiger partial charge on any atom is 0.228 e. The molecule has 0 radical (unpaired) electrons. The number of benzene rings is 3. The van der Waals surface area contributed by atoms with Crippen molar-refractivity contribution in [2.45, 2.75) is 6.54 Å². The lowest BCUT2D eigenvalue weighted by Crippen LogP contribution is -2.38. The number of pyridine rings is 1. The molecular formula is C21H15BrNO+. The first-order valence-corrected chi connectivity index (χ1v) is 8.61. The Kier molecular flexibility index (Phi) is 3.87. The fourth-order valence-corrected chi connectivity index (χ4v) is 3.61. The predicted molar refractivity (Wildman–Crippen MR) is 100 cm³/mol. The summed E-state index contributed by atoms with van der Waals surface area (Å²) in [6.45, 7) is 0.313. The molecule has 0 fully saturated rings. The predicted octanol–water partition coefficient (Wildman–Crippen LogP) is 4.93. The average Bonchev–Trinajstić information content (AvgIpc) is 2.62. The Hall–Kier alpha value is -2.52. The number of para-hydroxylation sites is 1. The third-order valence-corrected chi connectivity index (χ3v) is 4.94. The molecule has 0 bridgehead atoms. The van der Waals surface area contributed by atoms with Crippen LogP contribution in [0.5, 0.6) is 0 Å². The Morgan fingerprint density at radius 3 is 2.33 bits per heavy atom. The standard InChI is InChI=1S/C21H15BrNO/c22-19-11-5-3-10-18(19)21(24)14-23-13-15-7-1-2-8-16(15)17-9-4-6-12-20(17)23/h1-13H,14H2/q+1. The first kappa shape index (κ1) is 15.0. The van der Waals surface area contributed by atoms with Crippen LogP contribution in [0.3, 0.4) is 0 Å². The zero-order valence-electron chi connectivity index (χ0n) is 12.9. The fourth-order valence-electron chi connectivity index (χ4n) is 3.10. The second-order valence-electron chi connectivity index (χ2n) is 5.76. The number of halogens is 1. The summed E-state index contributed by atoms with van der Waals surface area (Å²) in [6, 6.07) is 24.1. The Morgan fingerprint density at radius 2 is 1.50 bits per heavy atom. The maximum absolute atomic E-state index is 12.8. The summed E-state index contributed by atoms with van der Waals surface area (Å²) in [4.78, 5) is 12.8. The molecule has 0 spiro atoms. The summed E-state index contributed by atoms with van der Waals surface area (Å²) < 4.78 is 2.88. The molecule has 0 saturated heterocycles. The summed E-state index contributed by atoms with van der Waals surface area (Å²) in [7, 11) is 0. The van der Waals surface area contributed by atoms with Gasteiger partial charge in [-0.05, 0) is 18.2 Å². The molecular weight excluding hydrogens is 362 g/mol. The van der Waals surface area contributed by atoms with Crippen molar-refractivity contribution in [1.82, 2.24) is 0 Å². The fraction of sp³-hybridized carbons (Fsp3) is 0.0476. The molecule has 0 unspecified atom stereocenters. The number of Topliss-reactive ketones (excluding diaryl/α,β-unsaturated/α-hetero) is 1. The minimum Gasteiger partial charge on any atom is -0.287 e. The minimum absolute atomic E-state index is 0.0907. The van der Waals surface area contributed by atoms with Crippen LogP contribution in [0, 0.1) is 0 Å². The average molecular weight is 377 g/mol. The van der Waals surface area contributed by atoms with Crippen LogP contribution in [0.4, 0.5) is 0 Å². The number of hydrogen-bond donors (Lipinski definition) is 0. The summed E-state index contributed by atoms with van der Waals surface area (Å²) >= 11 is 3.47. The van der Waals surface area contributed by atoms with Gasteiger partial charge in [0, 0.05) is 26.9 Å². The summed E-state index contributed by atoms with van der Waals surface area (Å²) in [5.74, 6) is 0.0907. The summed E-state index contributed by atoms with van der Waals surface area (Å²) in [6.07, 6.45) is 2.06. The molecule has 116 valence electrons. The molecule has 3 aromatic carbocycles. The number of carbonyl (C=O) groups is 1. The van der Waals surface area contributed by atoms with E-state index in [0.717, 1.165) is 20.8 Å². The number of carbonyl (C=O) groups excluding carboxylic acids is 1. The van der Waals surface area contributed by atoms with Crippen LogP contribution < -0.4 is 4.57 Å². The van der Waals surface area contributed by atoms with Gasteiger partial charge in [0.05, 0.1) is 5.39 Å². The van der Waals surface area contributed by atoms with Crippen LogP contribution in [0.2, 0.25) is 0 Å². The molecule has 24 heavy (non-hydrogen) atoms. The minimum atomic E-state index is 0.0907. The Bertz CT molecular complexity index is 1070. The molecule has 0 aliphatic rings. The van der Waals surface area contributed by atoms with E-state index in [1.54, 1.807) is 0 Å². The van der Waals surface area contributed by atoms with E-state index in [2.05, 4.69) is 46.4 Å². The smallest absolute Gasteiger partial charge is 0.228 e. The molecule has 4 aromatic rings. The van der Waals surface area contributed by atoms with Crippen molar-refractivity contribution in [2.24, 2.45) is 0 Å².